The third-order valence-electron chi connectivity index (χ3n) is 4.27. The molecule has 2 aliphatic rings. The van der Waals surface area contributed by atoms with Gasteiger partial charge < -0.3 is 10.6 Å². The van der Waals surface area contributed by atoms with Gasteiger partial charge in [-0.1, -0.05) is 26.2 Å². The lowest BCUT2D eigenvalue weighted by molar-refractivity contribution is -0.120. The summed E-state index contributed by atoms with van der Waals surface area (Å²) in [5, 5.41) is 6.31. The van der Waals surface area contributed by atoms with Crippen LogP contribution in [0.25, 0.3) is 0 Å². The molecule has 1 amide bonds. The van der Waals surface area contributed by atoms with E-state index in [1.54, 1.807) is 0 Å². The Kier molecular flexibility index (Phi) is 4.84. The molecule has 0 radical (unpaired) electrons. The highest BCUT2D eigenvalue weighted by atomic mass is 16.1. The van der Waals surface area contributed by atoms with Crippen LogP contribution in [0.4, 0.5) is 0 Å². The van der Waals surface area contributed by atoms with Crippen molar-refractivity contribution in [2.24, 2.45) is 17.8 Å². The summed E-state index contributed by atoms with van der Waals surface area (Å²) in [6.07, 6.45) is 8.04. The molecule has 0 aliphatic heterocycles. The number of hydrogen-bond acceptors (Lipinski definition) is 2. The quantitative estimate of drug-likeness (QED) is 0.742. The molecule has 0 aromatic carbocycles. The van der Waals surface area contributed by atoms with Gasteiger partial charge in [-0.2, -0.15) is 0 Å². The minimum atomic E-state index is 0.167. The molecule has 2 unspecified atom stereocenters. The van der Waals surface area contributed by atoms with Gasteiger partial charge in [-0.15, -0.1) is 0 Å². The Morgan fingerprint density at radius 3 is 2.59 bits per heavy atom. The van der Waals surface area contributed by atoms with E-state index in [0.29, 0.717) is 6.54 Å². The van der Waals surface area contributed by atoms with Crippen LogP contribution in [0.3, 0.4) is 0 Å². The van der Waals surface area contributed by atoms with Gasteiger partial charge in [-0.05, 0) is 43.6 Å². The summed E-state index contributed by atoms with van der Waals surface area (Å²) in [7, 11) is 0. The summed E-state index contributed by atoms with van der Waals surface area (Å²) in [6, 6.07) is 0. The smallest absolute Gasteiger partial charge is 0.233 e. The van der Waals surface area contributed by atoms with E-state index in [4.69, 9.17) is 0 Å². The van der Waals surface area contributed by atoms with Crippen molar-refractivity contribution in [3.8, 4) is 0 Å². The Morgan fingerprint density at radius 2 is 1.88 bits per heavy atom. The highest BCUT2D eigenvalue weighted by molar-refractivity contribution is 5.77. The first-order chi connectivity index (χ1) is 8.25. The zero-order valence-electron chi connectivity index (χ0n) is 11.0. The summed E-state index contributed by atoms with van der Waals surface area (Å²) in [4.78, 5) is 11.5. The predicted molar refractivity (Wildman–Crippen MR) is 69.7 cm³/mol. The molecule has 2 rings (SSSR count). The Morgan fingerprint density at radius 1 is 1.12 bits per heavy atom. The molecule has 98 valence electrons. The van der Waals surface area contributed by atoms with E-state index >= 15 is 0 Å². The molecule has 0 heterocycles. The Balaban J connectivity index is 1.53. The van der Waals surface area contributed by atoms with Gasteiger partial charge in [0.1, 0.15) is 0 Å². The van der Waals surface area contributed by atoms with Gasteiger partial charge in [0.05, 0.1) is 6.54 Å². The Bertz CT molecular complexity index is 251. The SMILES string of the molecule is CC1CCCCC1CNCC(=O)NCC1CC1. The van der Waals surface area contributed by atoms with Gasteiger partial charge in [0.15, 0.2) is 0 Å². The molecule has 3 heteroatoms. The van der Waals surface area contributed by atoms with Crippen molar-refractivity contribution >= 4 is 5.91 Å². The average molecular weight is 238 g/mol. The molecule has 2 N–H and O–H groups in total. The van der Waals surface area contributed by atoms with Crippen molar-refractivity contribution < 1.29 is 4.79 Å². The van der Waals surface area contributed by atoms with Gasteiger partial charge in [0.2, 0.25) is 5.91 Å². The summed E-state index contributed by atoms with van der Waals surface area (Å²) in [6.45, 7) is 4.74. The van der Waals surface area contributed by atoms with Gasteiger partial charge >= 0.3 is 0 Å². The Hall–Kier alpha value is -0.570. The molecule has 3 nitrogen and oxygen atoms in total. The van der Waals surface area contributed by atoms with Crippen molar-refractivity contribution in [1.82, 2.24) is 10.6 Å². The summed E-state index contributed by atoms with van der Waals surface area (Å²) < 4.78 is 0. The Labute approximate surface area is 105 Å². The molecular weight excluding hydrogens is 212 g/mol. The number of carbonyl (C=O) groups is 1. The molecule has 17 heavy (non-hydrogen) atoms. The van der Waals surface area contributed by atoms with Crippen LogP contribution in [0.5, 0.6) is 0 Å². The maximum absolute atomic E-state index is 11.5. The minimum absolute atomic E-state index is 0.167. The molecule has 2 fully saturated rings. The van der Waals surface area contributed by atoms with E-state index in [2.05, 4.69) is 17.6 Å². The van der Waals surface area contributed by atoms with Crippen LogP contribution in [0, 0.1) is 17.8 Å². The predicted octanol–water partition coefficient (Wildman–Crippen LogP) is 1.93. The molecule has 0 saturated heterocycles. The summed E-state index contributed by atoms with van der Waals surface area (Å²) >= 11 is 0. The van der Waals surface area contributed by atoms with Gasteiger partial charge in [-0.3, -0.25) is 4.79 Å². The summed E-state index contributed by atoms with van der Waals surface area (Å²) in [5.41, 5.74) is 0. The third kappa shape index (κ3) is 4.66. The van der Waals surface area contributed by atoms with Crippen molar-refractivity contribution in [2.45, 2.75) is 45.4 Å². The number of rotatable bonds is 6. The van der Waals surface area contributed by atoms with Crippen LogP contribution in [0.15, 0.2) is 0 Å². The second-order valence-electron chi connectivity index (χ2n) is 5.90. The first-order valence-corrected chi connectivity index (χ1v) is 7.23. The van der Waals surface area contributed by atoms with Crippen LogP contribution >= 0.6 is 0 Å². The van der Waals surface area contributed by atoms with E-state index in [1.165, 1.54) is 38.5 Å². The number of amides is 1. The van der Waals surface area contributed by atoms with Crippen LogP contribution in [-0.4, -0.2) is 25.5 Å². The maximum atomic E-state index is 11.5. The molecule has 0 aromatic heterocycles. The monoisotopic (exact) mass is 238 g/mol. The van der Waals surface area contributed by atoms with Crippen molar-refractivity contribution in [1.29, 1.82) is 0 Å². The molecule has 2 aliphatic carbocycles. The average Bonchev–Trinajstić information content (AvgIpc) is 3.13. The van der Waals surface area contributed by atoms with Crippen molar-refractivity contribution in [3.63, 3.8) is 0 Å². The van der Waals surface area contributed by atoms with Crippen molar-refractivity contribution in [2.75, 3.05) is 19.6 Å². The van der Waals surface area contributed by atoms with Crippen LogP contribution < -0.4 is 10.6 Å². The fraction of sp³-hybridized carbons (Fsp3) is 0.929. The fourth-order valence-electron chi connectivity index (χ4n) is 2.71. The van der Waals surface area contributed by atoms with E-state index in [1.807, 2.05) is 0 Å². The highest BCUT2D eigenvalue weighted by Gasteiger charge is 2.22. The lowest BCUT2D eigenvalue weighted by Gasteiger charge is -2.28. The number of nitrogens with one attached hydrogen (secondary N) is 2. The lowest BCUT2D eigenvalue weighted by atomic mass is 9.80. The zero-order valence-corrected chi connectivity index (χ0v) is 11.0. The van der Waals surface area contributed by atoms with Crippen molar-refractivity contribution in [3.05, 3.63) is 0 Å². The van der Waals surface area contributed by atoms with Gasteiger partial charge in [0.25, 0.3) is 0 Å². The maximum Gasteiger partial charge on any atom is 0.233 e. The van der Waals surface area contributed by atoms with Gasteiger partial charge in [0, 0.05) is 6.54 Å². The van der Waals surface area contributed by atoms with E-state index in [-0.39, 0.29) is 5.91 Å². The van der Waals surface area contributed by atoms with Crippen LogP contribution in [0.2, 0.25) is 0 Å². The lowest BCUT2D eigenvalue weighted by Crippen LogP contribution is -2.38. The number of hydrogen-bond donors (Lipinski definition) is 2. The number of carbonyl (C=O) groups excluding carboxylic acids is 1. The van der Waals surface area contributed by atoms with Crippen LogP contribution in [0.1, 0.15) is 45.4 Å². The minimum Gasteiger partial charge on any atom is -0.355 e. The normalized spacial score (nSPS) is 29.0. The van der Waals surface area contributed by atoms with Gasteiger partial charge in [-0.25, -0.2) is 0 Å². The summed E-state index contributed by atoms with van der Waals surface area (Å²) in [5.74, 6) is 2.54. The molecule has 2 atom stereocenters. The van der Waals surface area contributed by atoms with E-state index in [0.717, 1.165) is 30.8 Å². The van der Waals surface area contributed by atoms with E-state index in [9.17, 15) is 4.79 Å². The standard InChI is InChI=1S/C14H26N2O/c1-11-4-2-3-5-13(11)9-15-10-14(17)16-8-12-6-7-12/h11-13,15H,2-10H2,1H3,(H,16,17). The second kappa shape index (κ2) is 6.39. The fourth-order valence-corrected chi connectivity index (χ4v) is 2.71. The van der Waals surface area contributed by atoms with E-state index < -0.39 is 0 Å². The molecule has 2 saturated carbocycles. The molecule has 0 spiro atoms. The third-order valence-corrected chi connectivity index (χ3v) is 4.27. The highest BCUT2D eigenvalue weighted by Crippen LogP contribution is 2.29. The largest absolute Gasteiger partial charge is 0.355 e. The first-order valence-electron chi connectivity index (χ1n) is 7.23. The molecular formula is C14H26N2O. The molecule has 0 bridgehead atoms. The zero-order chi connectivity index (χ0) is 12.1. The second-order valence-corrected chi connectivity index (χ2v) is 5.90. The molecule has 0 aromatic rings. The van der Waals surface area contributed by atoms with Crippen LogP contribution in [-0.2, 0) is 4.79 Å². The first kappa shape index (κ1) is 12.9. The topological polar surface area (TPSA) is 41.1 Å².